The molecule has 4 aromatic rings. The third-order valence-corrected chi connectivity index (χ3v) is 6.61. The van der Waals surface area contributed by atoms with Crippen LogP contribution in [0, 0.1) is 0 Å². The van der Waals surface area contributed by atoms with Crippen LogP contribution in [0.5, 0.6) is 11.6 Å². The summed E-state index contributed by atoms with van der Waals surface area (Å²) in [7, 11) is -1.66. The van der Waals surface area contributed by atoms with Crippen LogP contribution in [0.3, 0.4) is 0 Å². The molecule has 0 spiro atoms. The Hall–Kier alpha value is -4.17. The second-order valence-corrected chi connectivity index (χ2v) is 12.0. The molecule has 0 saturated heterocycles. The predicted molar refractivity (Wildman–Crippen MR) is 157 cm³/mol. The Balaban J connectivity index is 1.73. The van der Waals surface area contributed by atoms with Gasteiger partial charge in [0.1, 0.15) is 18.7 Å². The van der Waals surface area contributed by atoms with Crippen LogP contribution in [0.2, 0.25) is 0 Å². The van der Waals surface area contributed by atoms with Crippen molar-refractivity contribution in [3.8, 4) is 22.8 Å². The van der Waals surface area contributed by atoms with Gasteiger partial charge in [0.2, 0.25) is 15.9 Å². The van der Waals surface area contributed by atoms with Gasteiger partial charge in [0, 0.05) is 23.0 Å². The molecule has 0 aliphatic heterocycles. The molecule has 0 fully saturated rings. The summed E-state index contributed by atoms with van der Waals surface area (Å²) >= 11 is 0. The Morgan fingerprint density at radius 3 is 2.33 bits per heavy atom. The number of ether oxygens (including phenoxy) is 2. The third kappa shape index (κ3) is 7.45. The SMILES string of the molecule is COc1c(/C=C/c2ccc(NS(C)(=O)=O)cc2)cc(-c2cncnc2OCc2ccccc2)cc1C(C)(C)C. The smallest absolute Gasteiger partial charge is 0.229 e. The summed E-state index contributed by atoms with van der Waals surface area (Å²) in [5, 5.41) is 0. The number of nitrogens with one attached hydrogen (secondary N) is 1. The number of benzene rings is 3. The molecule has 0 unspecified atom stereocenters. The van der Waals surface area contributed by atoms with Gasteiger partial charge in [-0.25, -0.2) is 18.4 Å². The first-order chi connectivity index (χ1) is 18.5. The maximum Gasteiger partial charge on any atom is 0.229 e. The molecule has 0 amide bonds. The largest absolute Gasteiger partial charge is 0.496 e. The lowest BCUT2D eigenvalue weighted by Crippen LogP contribution is -2.14. The molecule has 0 saturated carbocycles. The second kappa shape index (κ2) is 11.7. The number of hydrogen-bond acceptors (Lipinski definition) is 6. The Morgan fingerprint density at radius 1 is 0.974 bits per heavy atom. The van der Waals surface area contributed by atoms with E-state index in [9.17, 15) is 8.42 Å². The first kappa shape index (κ1) is 27.9. The highest BCUT2D eigenvalue weighted by Gasteiger charge is 2.23. The van der Waals surface area contributed by atoms with Gasteiger partial charge in [-0.2, -0.15) is 0 Å². The molecule has 0 bridgehead atoms. The maximum atomic E-state index is 11.5. The number of sulfonamides is 1. The Bertz CT molecular complexity index is 1560. The highest BCUT2D eigenvalue weighted by molar-refractivity contribution is 7.92. The van der Waals surface area contributed by atoms with Crippen LogP contribution < -0.4 is 14.2 Å². The number of hydrogen-bond donors (Lipinski definition) is 1. The van der Waals surface area contributed by atoms with E-state index in [1.165, 1.54) is 6.33 Å². The zero-order valence-corrected chi connectivity index (χ0v) is 23.6. The molecule has 1 aromatic heterocycles. The number of aromatic nitrogens is 2. The van der Waals surface area contributed by atoms with Crippen LogP contribution in [0.4, 0.5) is 5.69 Å². The quantitative estimate of drug-likeness (QED) is 0.240. The van der Waals surface area contributed by atoms with Crippen molar-refractivity contribution >= 4 is 27.9 Å². The first-order valence-electron chi connectivity index (χ1n) is 12.5. The van der Waals surface area contributed by atoms with E-state index in [-0.39, 0.29) is 5.41 Å². The summed E-state index contributed by atoms with van der Waals surface area (Å²) in [6.45, 7) is 6.82. The van der Waals surface area contributed by atoms with Gasteiger partial charge in [0.05, 0.1) is 18.9 Å². The zero-order chi connectivity index (χ0) is 28.0. The maximum absolute atomic E-state index is 11.5. The lowest BCUT2D eigenvalue weighted by Gasteiger charge is -2.25. The first-order valence-corrected chi connectivity index (χ1v) is 14.4. The Labute approximate surface area is 230 Å². The van der Waals surface area contributed by atoms with Crippen molar-refractivity contribution in [3.63, 3.8) is 0 Å². The third-order valence-electron chi connectivity index (χ3n) is 6.00. The summed E-state index contributed by atoms with van der Waals surface area (Å²) in [6, 6.07) is 21.3. The minimum atomic E-state index is -3.33. The van der Waals surface area contributed by atoms with Crippen LogP contribution in [0.1, 0.15) is 43.0 Å². The van der Waals surface area contributed by atoms with E-state index in [1.807, 2.05) is 60.7 Å². The van der Waals surface area contributed by atoms with Crippen molar-refractivity contribution in [3.05, 3.63) is 102 Å². The monoisotopic (exact) mass is 543 g/mol. The summed E-state index contributed by atoms with van der Waals surface area (Å²) in [5.41, 5.74) is 5.88. The number of rotatable bonds is 9. The van der Waals surface area contributed by atoms with Crippen molar-refractivity contribution in [1.29, 1.82) is 0 Å². The van der Waals surface area contributed by atoms with Gasteiger partial charge in [-0.3, -0.25) is 4.72 Å². The van der Waals surface area contributed by atoms with Gasteiger partial charge in [-0.15, -0.1) is 0 Å². The molecule has 1 heterocycles. The van der Waals surface area contributed by atoms with E-state index in [4.69, 9.17) is 9.47 Å². The highest BCUT2D eigenvalue weighted by atomic mass is 32.2. The minimum Gasteiger partial charge on any atom is -0.496 e. The van der Waals surface area contributed by atoms with Gasteiger partial charge in [0.25, 0.3) is 0 Å². The van der Waals surface area contributed by atoms with Gasteiger partial charge < -0.3 is 9.47 Å². The summed E-state index contributed by atoms with van der Waals surface area (Å²) in [4.78, 5) is 8.71. The van der Waals surface area contributed by atoms with Crippen molar-refractivity contribution in [2.75, 3.05) is 18.1 Å². The van der Waals surface area contributed by atoms with E-state index in [2.05, 4.69) is 41.5 Å². The van der Waals surface area contributed by atoms with Crippen LogP contribution >= 0.6 is 0 Å². The predicted octanol–water partition coefficient (Wildman–Crippen LogP) is 6.57. The van der Waals surface area contributed by atoms with E-state index < -0.39 is 10.0 Å². The molecule has 3 aromatic carbocycles. The average Bonchev–Trinajstić information content (AvgIpc) is 2.90. The molecule has 8 heteroatoms. The van der Waals surface area contributed by atoms with E-state index >= 15 is 0 Å². The van der Waals surface area contributed by atoms with Gasteiger partial charge in [-0.05, 0) is 46.4 Å². The number of anilines is 1. The van der Waals surface area contributed by atoms with Gasteiger partial charge in [0.15, 0.2) is 0 Å². The molecule has 202 valence electrons. The fourth-order valence-electron chi connectivity index (χ4n) is 4.14. The second-order valence-electron chi connectivity index (χ2n) is 10.2. The molecule has 1 N–H and O–H groups in total. The van der Waals surface area contributed by atoms with E-state index in [0.29, 0.717) is 18.2 Å². The van der Waals surface area contributed by atoms with Gasteiger partial charge in [-0.1, -0.05) is 75.4 Å². The lowest BCUT2D eigenvalue weighted by molar-refractivity contribution is 0.294. The lowest BCUT2D eigenvalue weighted by atomic mass is 9.83. The number of nitrogens with zero attached hydrogens (tertiary/aromatic N) is 2. The topological polar surface area (TPSA) is 90.4 Å². The van der Waals surface area contributed by atoms with Crippen molar-refractivity contribution in [2.24, 2.45) is 0 Å². The molecule has 0 aliphatic carbocycles. The van der Waals surface area contributed by atoms with Crippen LogP contribution in [0.15, 0.2) is 79.3 Å². The molecule has 0 radical (unpaired) electrons. The fourth-order valence-corrected chi connectivity index (χ4v) is 4.70. The molecule has 39 heavy (non-hydrogen) atoms. The molecule has 7 nitrogen and oxygen atoms in total. The standard InChI is InChI=1S/C31H33N3O4S/c1-31(2,3)28-18-25(27-19-32-21-33-30(27)38-20-23-9-7-6-8-10-23)17-24(29(28)37-4)14-11-22-12-15-26(16-13-22)34-39(5,35)36/h6-19,21,34H,20H2,1-5H3/b14-11+. The molecule has 4 rings (SSSR count). The fraction of sp³-hybridized carbons (Fsp3) is 0.226. The minimum absolute atomic E-state index is 0.205. The zero-order valence-electron chi connectivity index (χ0n) is 22.8. The summed E-state index contributed by atoms with van der Waals surface area (Å²) in [5.74, 6) is 1.28. The average molecular weight is 544 g/mol. The molecular weight excluding hydrogens is 510 g/mol. The van der Waals surface area contributed by atoms with Crippen LogP contribution in [0.25, 0.3) is 23.3 Å². The molecule has 0 aliphatic rings. The van der Waals surface area contributed by atoms with Gasteiger partial charge >= 0.3 is 0 Å². The Kier molecular flexibility index (Phi) is 8.35. The van der Waals surface area contributed by atoms with E-state index in [1.54, 1.807) is 25.4 Å². The normalized spacial score (nSPS) is 11.9. The van der Waals surface area contributed by atoms with Crippen molar-refractivity contribution in [1.82, 2.24) is 9.97 Å². The summed E-state index contributed by atoms with van der Waals surface area (Å²) < 4.78 is 37.5. The number of methoxy groups -OCH3 is 1. The molecule has 0 atom stereocenters. The van der Waals surface area contributed by atoms with Crippen LogP contribution in [-0.2, 0) is 22.0 Å². The van der Waals surface area contributed by atoms with Crippen molar-refractivity contribution < 1.29 is 17.9 Å². The van der Waals surface area contributed by atoms with Crippen LogP contribution in [-0.4, -0.2) is 31.8 Å². The van der Waals surface area contributed by atoms with Crippen molar-refractivity contribution in [2.45, 2.75) is 32.8 Å². The highest BCUT2D eigenvalue weighted by Crippen LogP contribution is 2.40. The summed E-state index contributed by atoms with van der Waals surface area (Å²) in [6.07, 6.45) is 8.34. The Morgan fingerprint density at radius 2 is 1.69 bits per heavy atom. The molecular formula is C31H33N3O4S. The van der Waals surface area contributed by atoms with E-state index in [0.717, 1.165) is 45.4 Å².